The maximum Gasteiger partial charge on any atom is 0.184 e. The minimum Gasteiger partial charge on any atom is -0.384 e. The second-order valence-electron chi connectivity index (χ2n) is 4.77. The molecule has 0 saturated carbocycles. The first-order chi connectivity index (χ1) is 7.91. The molecular weight excluding hydrogens is 212 g/mol. The lowest BCUT2D eigenvalue weighted by atomic mass is 9.92. The van der Waals surface area contributed by atoms with Gasteiger partial charge in [0.15, 0.2) is 5.78 Å². The van der Waals surface area contributed by atoms with E-state index in [9.17, 15) is 9.90 Å². The van der Waals surface area contributed by atoms with E-state index < -0.39 is 6.10 Å². The van der Waals surface area contributed by atoms with Crippen LogP contribution >= 0.6 is 0 Å². The van der Waals surface area contributed by atoms with Crippen LogP contribution in [0.25, 0.3) is 0 Å². The summed E-state index contributed by atoms with van der Waals surface area (Å²) in [6, 6.07) is 7.89. The number of hydrogen-bond donors (Lipinski definition) is 1. The van der Waals surface area contributed by atoms with Crippen LogP contribution in [-0.4, -0.2) is 17.0 Å². The van der Waals surface area contributed by atoms with Crippen molar-refractivity contribution in [2.45, 2.75) is 39.7 Å². The van der Waals surface area contributed by atoms with Crippen LogP contribution in [0.3, 0.4) is 0 Å². The molecule has 0 aliphatic heterocycles. The van der Waals surface area contributed by atoms with Crippen molar-refractivity contribution in [3.8, 4) is 0 Å². The normalized spacial score (nSPS) is 13.9. The molecule has 1 rings (SSSR count). The van der Waals surface area contributed by atoms with Gasteiger partial charge in [-0.3, -0.25) is 4.79 Å². The number of aliphatic hydroxyl groups is 1. The zero-order valence-corrected chi connectivity index (χ0v) is 10.9. The van der Waals surface area contributed by atoms with Gasteiger partial charge >= 0.3 is 0 Å². The molecule has 92 valence electrons. The highest BCUT2D eigenvalue weighted by Gasteiger charge is 2.21. The Bertz CT molecular complexity index is 411. The minimum atomic E-state index is -0.965. The van der Waals surface area contributed by atoms with Gasteiger partial charge in [0, 0.05) is 5.92 Å². The molecule has 0 radical (unpaired) electrons. The van der Waals surface area contributed by atoms with Gasteiger partial charge in [-0.2, -0.15) is 0 Å². The molecule has 0 aromatic heterocycles. The van der Waals surface area contributed by atoms with Gasteiger partial charge in [0.05, 0.1) is 0 Å². The average molecular weight is 232 g/mol. The summed E-state index contributed by atoms with van der Waals surface area (Å²) in [5.41, 5.74) is 3.06. The van der Waals surface area contributed by atoms with Gasteiger partial charge in [-0.1, -0.05) is 42.3 Å². The lowest BCUT2D eigenvalue weighted by molar-refractivity contribution is -0.123. The maximum absolute atomic E-state index is 11.7. The third kappa shape index (κ3) is 3.82. The first-order valence-electron chi connectivity index (χ1n) is 5.85. The largest absolute Gasteiger partial charge is 0.384 e. The summed E-state index contributed by atoms with van der Waals surface area (Å²) in [5, 5.41) is 9.96. The van der Waals surface area contributed by atoms with Crippen LogP contribution in [0.1, 0.15) is 37.8 Å². The van der Waals surface area contributed by atoms with E-state index in [0.717, 1.165) is 11.1 Å². The van der Waals surface area contributed by atoms with Crippen molar-refractivity contribution in [2.75, 3.05) is 0 Å². The van der Waals surface area contributed by atoms with Gasteiger partial charge in [-0.15, -0.1) is 0 Å². The number of rotatable bonds is 4. The predicted octanol–water partition coefficient (Wildman–Crippen LogP) is 2.99. The van der Waals surface area contributed by atoms with Crippen molar-refractivity contribution in [1.82, 2.24) is 0 Å². The summed E-state index contributed by atoms with van der Waals surface area (Å²) in [7, 11) is 0. The lowest BCUT2D eigenvalue weighted by Gasteiger charge is -2.17. The summed E-state index contributed by atoms with van der Waals surface area (Å²) < 4.78 is 0. The lowest BCUT2D eigenvalue weighted by Crippen LogP contribution is -2.25. The van der Waals surface area contributed by atoms with Gasteiger partial charge < -0.3 is 5.11 Å². The molecule has 2 unspecified atom stereocenters. The minimum absolute atomic E-state index is 0.182. The van der Waals surface area contributed by atoms with E-state index in [0.29, 0.717) is 0 Å². The molecule has 1 aromatic rings. The van der Waals surface area contributed by atoms with Crippen molar-refractivity contribution < 1.29 is 9.90 Å². The number of allylic oxidation sites excluding steroid dienone is 1. The van der Waals surface area contributed by atoms with Crippen LogP contribution in [-0.2, 0) is 4.79 Å². The first-order valence-corrected chi connectivity index (χ1v) is 5.85. The van der Waals surface area contributed by atoms with E-state index in [4.69, 9.17) is 0 Å². The van der Waals surface area contributed by atoms with E-state index in [1.54, 1.807) is 0 Å². The fourth-order valence-electron chi connectivity index (χ4n) is 1.67. The van der Waals surface area contributed by atoms with E-state index in [1.165, 1.54) is 11.6 Å². The number of aliphatic hydroxyl groups excluding tert-OH is 1. The van der Waals surface area contributed by atoms with Crippen LogP contribution in [0.4, 0.5) is 0 Å². The molecule has 2 atom stereocenters. The van der Waals surface area contributed by atoms with Crippen molar-refractivity contribution in [2.24, 2.45) is 0 Å². The summed E-state index contributed by atoms with van der Waals surface area (Å²) in [4.78, 5) is 11.7. The second kappa shape index (κ2) is 5.78. The summed E-state index contributed by atoms with van der Waals surface area (Å²) in [5.74, 6) is -0.406. The molecular formula is C15H20O2. The molecule has 0 fully saturated rings. The smallest absolute Gasteiger partial charge is 0.184 e. The third-order valence-electron chi connectivity index (χ3n) is 2.80. The Morgan fingerprint density at radius 1 is 1.24 bits per heavy atom. The molecule has 0 heterocycles. The fourth-order valence-corrected chi connectivity index (χ4v) is 1.67. The number of aryl methyl sites for hydroxylation is 1. The molecule has 0 aliphatic rings. The van der Waals surface area contributed by atoms with Gasteiger partial charge in [0.2, 0.25) is 0 Å². The molecule has 2 nitrogen and oxygen atoms in total. The number of hydrogen-bond acceptors (Lipinski definition) is 2. The highest BCUT2D eigenvalue weighted by molar-refractivity contribution is 5.94. The molecule has 0 aliphatic carbocycles. The summed E-state index contributed by atoms with van der Waals surface area (Å²) in [6.07, 6.45) is 0.530. The van der Waals surface area contributed by atoms with Crippen molar-refractivity contribution in [3.05, 3.63) is 47.0 Å². The number of carbonyl (C=O) groups excluding carboxylic acids is 1. The van der Waals surface area contributed by atoms with Gasteiger partial charge in [0.1, 0.15) is 6.10 Å². The molecule has 1 N–H and O–H groups in total. The van der Waals surface area contributed by atoms with Crippen LogP contribution in [0.2, 0.25) is 0 Å². The molecule has 0 saturated heterocycles. The quantitative estimate of drug-likeness (QED) is 0.810. The van der Waals surface area contributed by atoms with Crippen LogP contribution in [0, 0.1) is 6.92 Å². The number of carbonyl (C=O) groups is 1. The Morgan fingerprint density at radius 3 is 2.24 bits per heavy atom. The monoisotopic (exact) mass is 232 g/mol. The Morgan fingerprint density at radius 2 is 1.76 bits per heavy atom. The second-order valence-corrected chi connectivity index (χ2v) is 4.77. The Labute approximate surface area is 103 Å². The van der Waals surface area contributed by atoms with E-state index in [1.807, 2.05) is 52.0 Å². The average Bonchev–Trinajstić information content (AvgIpc) is 2.27. The third-order valence-corrected chi connectivity index (χ3v) is 2.80. The first kappa shape index (κ1) is 13.7. The Balaban J connectivity index is 2.82. The molecule has 2 heteroatoms. The zero-order chi connectivity index (χ0) is 13.0. The molecule has 0 amide bonds. The highest BCUT2D eigenvalue weighted by Crippen LogP contribution is 2.20. The van der Waals surface area contributed by atoms with E-state index in [2.05, 4.69) is 0 Å². The Hall–Kier alpha value is -1.41. The molecule has 0 bridgehead atoms. The zero-order valence-electron chi connectivity index (χ0n) is 10.9. The van der Waals surface area contributed by atoms with Crippen molar-refractivity contribution in [1.29, 1.82) is 0 Å². The topological polar surface area (TPSA) is 37.3 Å². The van der Waals surface area contributed by atoms with Crippen molar-refractivity contribution in [3.63, 3.8) is 0 Å². The van der Waals surface area contributed by atoms with Crippen LogP contribution in [0.15, 0.2) is 35.9 Å². The molecule has 0 spiro atoms. The van der Waals surface area contributed by atoms with Crippen LogP contribution in [0.5, 0.6) is 0 Å². The van der Waals surface area contributed by atoms with E-state index >= 15 is 0 Å². The fraction of sp³-hybridized carbons (Fsp3) is 0.400. The summed E-state index contributed by atoms with van der Waals surface area (Å²) in [6.45, 7) is 7.58. The number of benzene rings is 1. The maximum atomic E-state index is 11.7. The standard InChI is InChI=1S/C15H20O2/c1-10(2)9-14(16)15(17)12(4)13-7-5-11(3)6-8-13/h5-9,12,15,17H,1-4H3. The molecule has 1 aromatic carbocycles. The summed E-state index contributed by atoms with van der Waals surface area (Å²) >= 11 is 0. The van der Waals surface area contributed by atoms with Gasteiger partial charge in [0.25, 0.3) is 0 Å². The van der Waals surface area contributed by atoms with Crippen LogP contribution < -0.4 is 0 Å². The SMILES string of the molecule is CC(C)=CC(=O)C(O)C(C)c1ccc(C)cc1. The van der Waals surface area contributed by atoms with Crippen molar-refractivity contribution >= 4 is 5.78 Å². The number of ketones is 1. The highest BCUT2D eigenvalue weighted by atomic mass is 16.3. The predicted molar refractivity (Wildman–Crippen MR) is 70.0 cm³/mol. The van der Waals surface area contributed by atoms with Gasteiger partial charge in [-0.25, -0.2) is 0 Å². The van der Waals surface area contributed by atoms with Gasteiger partial charge in [-0.05, 0) is 32.4 Å². The van der Waals surface area contributed by atoms with E-state index in [-0.39, 0.29) is 11.7 Å². The molecule has 17 heavy (non-hydrogen) atoms. The Kier molecular flexibility index (Phi) is 4.64.